The molecule has 13 nitrogen and oxygen atoms in total. The van der Waals surface area contributed by atoms with Gasteiger partial charge in [0.15, 0.2) is 17.3 Å². The first-order valence-corrected chi connectivity index (χ1v) is 16.9. The predicted octanol–water partition coefficient (Wildman–Crippen LogP) is 3.10. The van der Waals surface area contributed by atoms with Crippen molar-refractivity contribution in [3.8, 4) is 11.5 Å². The standard InChI is InChI=1S/C36H43N7O6/c1-47-31-12-7-11-29-33(31)48-22-8-19-43-24-27(39-40-43)15-20-42(36(46)32-14-13-28(49-32)25-41-17-5-6-18-41)21-16-37-35(45)30(38-34(29)44)23-26-9-3-2-4-10-26/h2-4,7,9-14,24,30H,5-6,8,15-23,25H2,1H3,(H,37,45)(H,38,44)/t30-/m0/s1. The highest BCUT2D eigenvalue weighted by molar-refractivity contribution is 6.00. The van der Waals surface area contributed by atoms with Gasteiger partial charge in [-0.2, -0.15) is 0 Å². The summed E-state index contributed by atoms with van der Waals surface area (Å²) in [5, 5.41) is 14.4. The Morgan fingerprint density at radius 1 is 0.959 bits per heavy atom. The normalized spacial score (nSPS) is 18.3. The summed E-state index contributed by atoms with van der Waals surface area (Å²) in [6.07, 6.45) is 5.52. The van der Waals surface area contributed by atoms with Crippen molar-refractivity contribution in [1.29, 1.82) is 0 Å². The zero-order chi connectivity index (χ0) is 34.0. The first kappa shape index (κ1) is 33.7. The Kier molecular flexibility index (Phi) is 11.2. The van der Waals surface area contributed by atoms with Gasteiger partial charge in [-0.05, 0) is 55.8 Å². The first-order valence-electron chi connectivity index (χ1n) is 16.9. The molecular formula is C36H43N7O6. The minimum Gasteiger partial charge on any atom is -0.493 e. The molecule has 6 rings (SSSR count). The maximum absolute atomic E-state index is 13.8. The number of nitrogens with one attached hydrogen (secondary N) is 2. The number of hydrogen-bond acceptors (Lipinski definition) is 9. The van der Waals surface area contributed by atoms with Gasteiger partial charge in [-0.15, -0.1) is 5.10 Å². The van der Waals surface area contributed by atoms with E-state index >= 15 is 0 Å². The molecule has 1 atom stereocenters. The molecule has 0 aliphatic carbocycles. The van der Waals surface area contributed by atoms with Crippen LogP contribution in [0.5, 0.6) is 11.5 Å². The van der Waals surface area contributed by atoms with Gasteiger partial charge < -0.3 is 29.4 Å². The molecular weight excluding hydrogens is 626 g/mol. The van der Waals surface area contributed by atoms with Gasteiger partial charge in [0.25, 0.3) is 11.8 Å². The van der Waals surface area contributed by atoms with Crippen molar-refractivity contribution >= 4 is 17.7 Å². The molecule has 258 valence electrons. The van der Waals surface area contributed by atoms with Crippen molar-refractivity contribution in [2.24, 2.45) is 0 Å². The van der Waals surface area contributed by atoms with Crippen molar-refractivity contribution in [1.82, 2.24) is 35.4 Å². The third-order valence-corrected chi connectivity index (χ3v) is 8.77. The summed E-state index contributed by atoms with van der Waals surface area (Å²) in [7, 11) is 1.52. The molecule has 1 saturated heterocycles. The smallest absolute Gasteiger partial charge is 0.289 e. The number of benzene rings is 2. The molecule has 13 heteroatoms. The zero-order valence-electron chi connectivity index (χ0n) is 27.8. The summed E-state index contributed by atoms with van der Waals surface area (Å²) in [6, 6.07) is 17.3. The van der Waals surface area contributed by atoms with Crippen LogP contribution in [0.1, 0.15) is 57.2 Å². The summed E-state index contributed by atoms with van der Waals surface area (Å²) < 4.78 is 19.4. The Labute approximate surface area is 285 Å². The van der Waals surface area contributed by atoms with Crippen molar-refractivity contribution in [3.05, 3.63) is 95.2 Å². The van der Waals surface area contributed by atoms with Gasteiger partial charge in [-0.1, -0.05) is 41.6 Å². The summed E-state index contributed by atoms with van der Waals surface area (Å²) in [6.45, 7) is 4.27. The van der Waals surface area contributed by atoms with Gasteiger partial charge in [0.1, 0.15) is 11.8 Å². The van der Waals surface area contributed by atoms with Gasteiger partial charge in [0, 0.05) is 51.6 Å². The summed E-state index contributed by atoms with van der Waals surface area (Å²) in [5.74, 6) is 0.610. The fourth-order valence-electron chi connectivity index (χ4n) is 6.16. The van der Waals surface area contributed by atoms with Gasteiger partial charge in [-0.3, -0.25) is 24.0 Å². The number of nitrogens with zero attached hydrogens (tertiary/aromatic N) is 5. The number of aryl methyl sites for hydroxylation is 1. The maximum atomic E-state index is 13.8. The fraction of sp³-hybridized carbons (Fsp3) is 0.417. The van der Waals surface area contributed by atoms with E-state index in [9.17, 15) is 14.4 Å². The van der Waals surface area contributed by atoms with Crippen molar-refractivity contribution in [2.75, 3.05) is 46.4 Å². The summed E-state index contributed by atoms with van der Waals surface area (Å²) >= 11 is 0. The van der Waals surface area contributed by atoms with Gasteiger partial charge in [0.2, 0.25) is 5.91 Å². The van der Waals surface area contributed by atoms with Gasteiger partial charge in [0.05, 0.1) is 31.5 Å². The molecule has 2 bridgehead atoms. The number of likely N-dealkylation sites (tertiary alicyclic amines) is 1. The molecule has 3 amide bonds. The van der Waals surface area contributed by atoms with Crippen LogP contribution in [-0.2, 0) is 30.7 Å². The second kappa shape index (κ2) is 16.3. The largest absolute Gasteiger partial charge is 0.493 e. The van der Waals surface area contributed by atoms with Gasteiger partial charge in [-0.25, -0.2) is 0 Å². The fourth-order valence-corrected chi connectivity index (χ4v) is 6.16. The second-order valence-electron chi connectivity index (χ2n) is 12.3. The Balaban J connectivity index is 1.23. The number of para-hydroxylation sites is 1. The minimum absolute atomic E-state index is 0.160. The average molecular weight is 670 g/mol. The molecule has 0 unspecified atom stereocenters. The number of carbonyl (C=O) groups is 3. The molecule has 4 aromatic rings. The predicted molar refractivity (Wildman–Crippen MR) is 180 cm³/mol. The van der Waals surface area contributed by atoms with Crippen LogP contribution in [0, 0.1) is 0 Å². The quantitative estimate of drug-likeness (QED) is 0.317. The number of hydrogen-bond donors (Lipinski definition) is 2. The highest BCUT2D eigenvalue weighted by Crippen LogP contribution is 2.31. The van der Waals surface area contributed by atoms with E-state index in [1.165, 1.54) is 20.0 Å². The van der Waals surface area contributed by atoms with Crippen LogP contribution in [0.25, 0.3) is 0 Å². The Morgan fingerprint density at radius 3 is 2.61 bits per heavy atom. The van der Waals surface area contributed by atoms with E-state index in [2.05, 4.69) is 25.8 Å². The second-order valence-corrected chi connectivity index (χ2v) is 12.3. The van der Waals surface area contributed by atoms with E-state index in [0.717, 1.165) is 30.1 Å². The number of carbonyl (C=O) groups excluding carboxylic acids is 3. The Bertz CT molecular complexity index is 1720. The zero-order valence-corrected chi connectivity index (χ0v) is 27.8. The van der Waals surface area contributed by atoms with E-state index in [1.807, 2.05) is 42.6 Å². The number of furan rings is 1. The van der Waals surface area contributed by atoms with Crippen LogP contribution in [0.2, 0.25) is 0 Å². The van der Waals surface area contributed by atoms with E-state index in [1.54, 1.807) is 33.8 Å². The lowest BCUT2D eigenvalue weighted by atomic mass is 10.0. The number of aromatic nitrogens is 3. The molecule has 2 aromatic heterocycles. The lowest BCUT2D eigenvalue weighted by molar-refractivity contribution is -0.123. The van der Waals surface area contributed by atoms with E-state index < -0.39 is 11.9 Å². The molecule has 4 heterocycles. The molecule has 0 spiro atoms. The number of amides is 3. The van der Waals surface area contributed by atoms with Crippen LogP contribution in [0.3, 0.4) is 0 Å². The third kappa shape index (κ3) is 8.85. The van der Waals surface area contributed by atoms with Crippen molar-refractivity contribution < 1.29 is 28.3 Å². The molecule has 2 aliphatic rings. The average Bonchev–Trinajstić information content (AvgIpc) is 3.91. The highest BCUT2D eigenvalue weighted by Gasteiger charge is 2.26. The number of methoxy groups -OCH3 is 1. The van der Waals surface area contributed by atoms with Crippen LogP contribution < -0.4 is 20.1 Å². The third-order valence-electron chi connectivity index (χ3n) is 8.77. The van der Waals surface area contributed by atoms with Crippen LogP contribution in [0.15, 0.2) is 71.3 Å². The van der Waals surface area contributed by atoms with Gasteiger partial charge >= 0.3 is 0 Å². The molecule has 49 heavy (non-hydrogen) atoms. The Morgan fingerprint density at radius 2 is 1.80 bits per heavy atom. The topological polar surface area (TPSA) is 144 Å². The summed E-state index contributed by atoms with van der Waals surface area (Å²) in [4.78, 5) is 45.2. The van der Waals surface area contributed by atoms with Crippen molar-refractivity contribution in [3.63, 3.8) is 0 Å². The van der Waals surface area contributed by atoms with E-state index in [0.29, 0.717) is 44.0 Å². The maximum Gasteiger partial charge on any atom is 0.289 e. The van der Waals surface area contributed by atoms with Crippen LogP contribution in [0.4, 0.5) is 0 Å². The highest BCUT2D eigenvalue weighted by atomic mass is 16.5. The summed E-state index contributed by atoms with van der Waals surface area (Å²) in [5.41, 5.74) is 1.88. The Hall–Kier alpha value is -5.17. The SMILES string of the molecule is COc1cccc2c1OCCCn1cc(nn1)CCN(C(=O)c1ccc(CN3CCCC3)o1)CCNC(=O)[C@H](Cc1ccccc1)NC2=O. The van der Waals surface area contributed by atoms with Crippen LogP contribution in [-0.4, -0.2) is 95.0 Å². The lowest BCUT2D eigenvalue weighted by Crippen LogP contribution is -2.50. The monoisotopic (exact) mass is 669 g/mol. The molecule has 0 saturated carbocycles. The lowest BCUT2D eigenvalue weighted by Gasteiger charge is -2.23. The molecule has 2 aliphatic heterocycles. The molecule has 2 N–H and O–H groups in total. The number of rotatable bonds is 6. The molecule has 2 aromatic carbocycles. The number of fused-ring (bicyclic) bond motifs is 3. The first-order chi connectivity index (χ1) is 24.0. The van der Waals surface area contributed by atoms with Crippen molar-refractivity contribution in [2.45, 2.75) is 51.2 Å². The molecule has 1 fully saturated rings. The minimum atomic E-state index is -0.896. The van der Waals surface area contributed by atoms with E-state index in [-0.39, 0.29) is 49.3 Å². The van der Waals surface area contributed by atoms with Crippen LogP contribution >= 0.6 is 0 Å². The van der Waals surface area contributed by atoms with E-state index in [4.69, 9.17) is 13.9 Å². The molecule has 0 radical (unpaired) electrons. The number of ether oxygens (including phenoxy) is 2.